The summed E-state index contributed by atoms with van der Waals surface area (Å²) in [4.78, 5) is 0. The van der Waals surface area contributed by atoms with Crippen LogP contribution in [0.4, 0.5) is 0 Å². The Bertz CT molecular complexity index is 190. The molecule has 0 bridgehead atoms. The molecule has 1 aliphatic carbocycles. The van der Waals surface area contributed by atoms with E-state index in [1.807, 2.05) is 0 Å². The Labute approximate surface area is 90.5 Å². The van der Waals surface area contributed by atoms with Crippen LogP contribution in [0.25, 0.3) is 0 Å². The largest absolute Gasteiger partial charge is 0.0651 e. The summed E-state index contributed by atoms with van der Waals surface area (Å²) in [5, 5.41) is 0. The van der Waals surface area contributed by atoms with E-state index in [2.05, 4.69) is 48.5 Å². The van der Waals surface area contributed by atoms with Crippen molar-refractivity contribution in [3.05, 3.63) is 0 Å². The van der Waals surface area contributed by atoms with Crippen molar-refractivity contribution in [1.82, 2.24) is 0 Å². The fourth-order valence-electron chi connectivity index (χ4n) is 3.31. The average molecular weight is 196 g/mol. The monoisotopic (exact) mass is 196 g/mol. The van der Waals surface area contributed by atoms with Gasteiger partial charge in [-0.3, -0.25) is 0 Å². The maximum absolute atomic E-state index is 2.44. The Kier molecular flexibility index (Phi) is 3.33. The normalized spacial score (nSPS) is 34.3. The van der Waals surface area contributed by atoms with E-state index in [0.29, 0.717) is 5.41 Å². The number of hydrogen-bond donors (Lipinski definition) is 0. The third-order valence-corrected chi connectivity index (χ3v) is 5.12. The summed E-state index contributed by atoms with van der Waals surface area (Å²) in [6.45, 7) is 16.9. The van der Waals surface area contributed by atoms with Crippen LogP contribution in [0.1, 0.15) is 54.9 Å². The van der Waals surface area contributed by atoms with Crippen LogP contribution in [0.3, 0.4) is 0 Å². The first-order valence-corrected chi connectivity index (χ1v) is 6.34. The lowest BCUT2D eigenvalue weighted by molar-refractivity contribution is 0.217. The first-order valence-electron chi connectivity index (χ1n) is 6.34. The van der Waals surface area contributed by atoms with Crippen molar-refractivity contribution >= 4 is 0 Å². The van der Waals surface area contributed by atoms with Gasteiger partial charge >= 0.3 is 0 Å². The first-order chi connectivity index (χ1) is 6.34. The topological polar surface area (TPSA) is 0 Å². The van der Waals surface area contributed by atoms with Crippen molar-refractivity contribution in [2.24, 2.45) is 35.0 Å². The summed E-state index contributed by atoms with van der Waals surface area (Å²) < 4.78 is 0. The molecule has 0 saturated heterocycles. The van der Waals surface area contributed by atoms with Crippen LogP contribution in [0.5, 0.6) is 0 Å². The van der Waals surface area contributed by atoms with Gasteiger partial charge in [0.2, 0.25) is 0 Å². The van der Waals surface area contributed by atoms with Crippen LogP contribution in [0.15, 0.2) is 0 Å². The molecule has 1 fully saturated rings. The van der Waals surface area contributed by atoms with Crippen LogP contribution in [0.2, 0.25) is 0 Å². The van der Waals surface area contributed by atoms with Gasteiger partial charge < -0.3 is 0 Å². The minimum absolute atomic E-state index is 0.615. The molecule has 0 aromatic carbocycles. The molecule has 0 heteroatoms. The molecular weight excluding hydrogens is 168 g/mol. The molecule has 0 radical (unpaired) electrons. The molecular formula is C14H28. The van der Waals surface area contributed by atoms with Crippen LogP contribution in [-0.4, -0.2) is 0 Å². The van der Waals surface area contributed by atoms with Crippen molar-refractivity contribution in [1.29, 1.82) is 0 Å². The highest BCUT2D eigenvalue weighted by Crippen LogP contribution is 2.63. The molecule has 1 rings (SSSR count). The quantitative estimate of drug-likeness (QED) is 0.616. The molecule has 0 amide bonds. The number of rotatable bonds is 4. The lowest BCUT2D eigenvalue weighted by Gasteiger charge is -2.27. The molecule has 0 nitrogen and oxygen atoms in total. The highest BCUT2D eigenvalue weighted by atomic mass is 14.6. The van der Waals surface area contributed by atoms with Gasteiger partial charge in [-0.05, 0) is 35.0 Å². The molecule has 1 aliphatic rings. The van der Waals surface area contributed by atoms with E-state index >= 15 is 0 Å². The molecule has 0 aromatic rings. The average Bonchev–Trinajstić information content (AvgIpc) is 2.56. The predicted molar refractivity (Wildman–Crippen MR) is 64.2 cm³/mol. The van der Waals surface area contributed by atoms with Gasteiger partial charge in [-0.1, -0.05) is 54.9 Å². The Morgan fingerprint density at radius 3 is 1.79 bits per heavy atom. The maximum atomic E-state index is 2.44. The van der Waals surface area contributed by atoms with Gasteiger partial charge in [0.1, 0.15) is 0 Å². The SMILES string of the molecule is CCC(C(C)C(C)C)C1C(C)C1(C)C. The third kappa shape index (κ3) is 1.85. The van der Waals surface area contributed by atoms with E-state index in [-0.39, 0.29) is 0 Å². The molecule has 0 spiro atoms. The van der Waals surface area contributed by atoms with Gasteiger partial charge in [0.15, 0.2) is 0 Å². The minimum atomic E-state index is 0.615. The van der Waals surface area contributed by atoms with Crippen LogP contribution >= 0.6 is 0 Å². The summed E-state index contributed by atoms with van der Waals surface area (Å²) >= 11 is 0. The first kappa shape index (κ1) is 12.1. The molecule has 84 valence electrons. The van der Waals surface area contributed by atoms with Gasteiger partial charge in [-0.15, -0.1) is 0 Å². The summed E-state index contributed by atoms with van der Waals surface area (Å²) in [5.74, 6) is 4.58. The van der Waals surface area contributed by atoms with Crippen molar-refractivity contribution in [2.45, 2.75) is 54.9 Å². The maximum Gasteiger partial charge on any atom is -0.0292 e. The summed E-state index contributed by atoms with van der Waals surface area (Å²) in [6.07, 6.45) is 1.36. The molecule has 0 heterocycles. The van der Waals surface area contributed by atoms with E-state index in [9.17, 15) is 0 Å². The number of hydrogen-bond acceptors (Lipinski definition) is 0. The third-order valence-electron chi connectivity index (χ3n) is 5.12. The molecule has 4 atom stereocenters. The molecule has 14 heavy (non-hydrogen) atoms. The summed E-state index contributed by atoms with van der Waals surface area (Å²) in [6, 6.07) is 0. The second-order valence-corrected chi connectivity index (χ2v) is 6.31. The highest BCUT2D eigenvalue weighted by Gasteiger charge is 2.58. The molecule has 0 N–H and O–H groups in total. The lowest BCUT2D eigenvalue weighted by atomic mass is 9.78. The summed E-state index contributed by atoms with van der Waals surface area (Å²) in [5.41, 5.74) is 0.615. The standard InChI is InChI=1S/C14H28/c1-8-12(10(4)9(2)3)13-11(5)14(13,6)7/h9-13H,8H2,1-7H3. The van der Waals surface area contributed by atoms with E-state index in [4.69, 9.17) is 0 Å². The van der Waals surface area contributed by atoms with Gasteiger partial charge in [-0.25, -0.2) is 0 Å². The Morgan fingerprint density at radius 2 is 1.57 bits per heavy atom. The second kappa shape index (κ2) is 3.87. The van der Waals surface area contributed by atoms with Gasteiger partial charge in [0.05, 0.1) is 0 Å². The van der Waals surface area contributed by atoms with Gasteiger partial charge in [0.25, 0.3) is 0 Å². The molecule has 0 aliphatic heterocycles. The Morgan fingerprint density at radius 1 is 1.14 bits per heavy atom. The second-order valence-electron chi connectivity index (χ2n) is 6.31. The predicted octanol–water partition coefficient (Wildman–Crippen LogP) is 4.60. The summed E-state index contributed by atoms with van der Waals surface area (Å²) in [7, 11) is 0. The minimum Gasteiger partial charge on any atom is -0.0651 e. The van der Waals surface area contributed by atoms with E-state index < -0.39 is 0 Å². The van der Waals surface area contributed by atoms with Crippen LogP contribution in [0, 0.1) is 35.0 Å². The lowest BCUT2D eigenvalue weighted by Crippen LogP contribution is -2.20. The van der Waals surface area contributed by atoms with E-state index in [1.54, 1.807) is 0 Å². The van der Waals surface area contributed by atoms with E-state index in [1.165, 1.54) is 6.42 Å². The Balaban J connectivity index is 2.66. The zero-order chi connectivity index (χ0) is 11.1. The van der Waals surface area contributed by atoms with Crippen molar-refractivity contribution in [2.75, 3.05) is 0 Å². The molecule has 4 unspecified atom stereocenters. The van der Waals surface area contributed by atoms with E-state index in [0.717, 1.165) is 29.6 Å². The smallest absolute Gasteiger partial charge is 0.0292 e. The highest BCUT2D eigenvalue weighted by molar-refractivity contribution is 5.05. The van der Waals surface area contributed by atoms with Crippen LogP contribution in [-0.2, 0) is 0 Å². The van der Waals surface area contributed by atoms with Gasteiger partial charge in [0, 0.05) is 0 Å². The molecule has 1 saturated carbocycles. The van der Waals surface area contributed by atoms with Crippen molar-refractivity contribution < 1.29 is 0 Å². The fourth-order valence-corrected chi connectivity index (χ4v) is 3.31. The Hall–Kier alpha value is 0. The zero-order valence-corrected chi connectivity index (χ0v) is 11.1. The zero-order valence-electron chi connectivity index (χ0n) is 11.1. The van der Waals surface area contributed by atoms with Crippen LogP contribution < -0.4 is 0 Å². The molecule has 0 aromatic heterocycles. The van der Waals surface area contributed by atoms with Crippen molar-refractivity contribution in [3.8, 4) is 0 Å². The van der Waals surface area contributed by atoms with Gasteiger partial charge in [-0.2, -0.15) is 0 Å². The fraction of sp³-hybridized carbons (Fsp3) is 1.00. The van der Waals surface area contributed by atoms with Crippen molar-refractivity contribution in [3.63, 3.8) is 0 Å².